The number of hydrogen-bond donors (Lipinski definition) is 1. The van der Waals surface area contributed by atoms with Gasteiger partial charge in [0.05, 0.1) is 12.1 Å². The maximum atomic E-state index is 6.46. The molecule has 0 aliphatic carbocycles. The van der Waals surface area contributed by atoms with E-state index in [0.29, 0.717) is 0 Å². The van der Waals surface area contributed by atoms with Crippen LogP contribution in [0.5, 0.6) is 5.75 Å². The van der Waals surface area contributed by atoms with Gasteiger partial charge in [0, 0.05) is 5.54 Å². The molecule has 1 atom stereocenters. The van der Waals surface area contributed by atoms with E-state index in [1.807, 2.05) is 0 Å². The first-order valence-electron chi connectivity index (χ1n) is 6.51. The van der Waals surface area contributed by atoms with Crippen LogP contribution >= 0.6 is 11.6 Å². The molecule has 1 fully saturated rings. The monoisotopic (exact) mass is 267 g/mol. The first-order valence-corrected chi connectivity index (χ1v) is 6.89. The zero-order valence-electron chi connectivity index (χ0n) is 11.9. The zero-order valence-corrected chi connectivity index (χ0v) is 12.7. The van der Waals surface area contributed by atoms with Gasteiger partial charge in [0.15, 0.2) is 0 Å². The molecule has 2 nitrogen and oxygen atoms in total. The molecule has 1 unspecified atom stereocenters. The van der Waals surface area contributed by atoms with Crippen molar-refractivity contribution in [3.05, 3.63) is 27.3 Å². The van der Waals surface area contributed by atoms with E-state index in [1.54, 1.807) is 7.11 Å². The third-order valence-corrected chi connectivity index (χ3v) is 4.76. The second-order valence-electron chi connectivity index (χ2n) is 5.46. The average molecular weight is 268 g/mol. The predicted octanol–water partition coefficient (Wildman–Crippen LogP) is 3.87. The van der Waals surface area contributed by atoms with Crippen molar-refractivity contribution in [1.82, 2.24) is 5.32 Å². The minimum Gasteiger partial charge on any atom is -0.495 e. The van der Waals surface area contributed by atoms with Gasteiger partial charge in [0.1, 0.15) is 5.75 Å². The number of benzene rings is 1. The molecule has 0 aromatic heterocycles. The molecule has 1 aliphatic heterocycles. The lowest BCUT2D eigenvalue weighted by atomic mass is 9.82. The average Bonchev–Trinajstić information content (AvgIpc) is 2.75. The Kier molecular flexibility index (Phi) is 3.61. The molecular formula is C15H22ClNO. The van der Waals surface area contributed by atoms with Crippen LogP contribution in [0.25, 0.3) is 0 Å². The highest BCUT2D eigenvalue weighted by Gasteiger charge is 2.34. The molecule has 0 radical (unpaired) electrons. The minimum absolute atomic E-state index is 0.0504. The fourth-order valence-electron chi connectivity index (χ4n) is 3.26. The van der Waals surface area contributed by atoms with Crippen LogP contribution < -0.4 is 10.1 Å². The van der Waals surface area contributed by atoms with Crippen LogP contribution in [-0.2, 0) is 5.54 Å². The number of nitrogens with one attached hydrogen (secondary N) is 1. The third-order valence-electron chi connectivity index (χ3n) is 4.31. The van der Waals surface area contributed by atoms with Crippen LogP contribution in [0.15, 0.2) is 0 Å². The zero-order chi connectivity index (χ0) is 13.5. The molecule has 100 valence electrons. The predicted molar refractivity (Wildman–Crippen MR) is 76.8 cm³/mol. The van der Waals surface area contributed by atoms with Crippen LogP contribution in [0, 0.1) is 20.8 Å². The van der Waals surface area contributed by atoms with Gasteiger partial charge in [-0.15, -0.1) is 0 Å². The molecule has 1 aromatic rings. The highest BCUT2D eigenvalue weighted by atomic mass is 35.5. The van der Waals surface area contributed by atoms with Gasteiger partial charge >= 0.3 is 0 Å². The van der Waals surface area contributed by atoms with Crippen LogP contribution in [0.3, 0.4) is 0 Å². The summed E-state index contributed by atoms with van der Waals surface area (Å²) in [6.45, 7) is 9.70. The number of halogens is 1. The van der Waals surface area contributed by atoms with Crippen molar-refractivity contribution in [3.8, 4) is 5.75 Å². The van der Waals surface area contributed by atoms with Crippen LogP contribution in [0.1, 0.15) is 42.0 Å². The van der Waals surface area contributed by atoms with E-state index in [2.05, 4.69) is 33.0 Å². The Hall–Kier alpha value is -0.730. The maximum absolute atomic E-state index is 6.46. The van der Waals surface area contributed by atoms with E-state index in [0.717, 1.165) is 34.9 Å². The third kappa shape index (κ3) is 1.92. The van der Waals surface area contributed by atoms with Crippen molar-refractivity contribution >= 4 is 11.6 Å². The Morgan fingerprint density at radius 3 is 2.33 bits per heavy atom. The molecule has 0 spiro atoms. The van der Waals surface area contributed by atoms with Gasteiger partial charge in [0.25, 0.3) is 0 Å². The summed E-state index contributed by atoms with van der Waals surface area (Å²) in [4.78, 5) is 0. The molecule has 1 aromatic carbocycles. The summed E-state index contributed by atoms with van der Waals surface area (Å²) in [5.74, 6) is 0.817. The summed E-state index contributed by atoms with van der Waals surface area (Å²) < 4.78 is 5.44. The van der Waals surface area contributed by atoms with E-state index in [1.165, 1.54) is 17.5 Å². The van der Waals surface area contributed by atoms with E-state index >= 15 is 0 Å². The topological polar surface area (TPSA) is 21.3 Å². The highest BCUT2D eigenvalue weighted by molar-refractivity contribution is 6.33. The molecule has 0 bridgehead atoms. The van der Waals surface area contributed by atoms with Crippen LogP contribution in [-0.4, -0.2) is 13.7 Å². The molecule has 1 saturated heterocycles. The molecule has 0 amide bonds. The summed E-state index contributed by atoms with van der Waals surface area (Å²) >= 11 is 6.46. The minimum atomic E-state index is 0.0504. The molecule has 18 heavy (non-hydrogen) atoms. The summed E-state index contributed by atoms with van der Waals surface area (Å²) in [5, 5.41) is 4.38. The van der Waals surface area contributed by atoms with Crippen molar-refractivity contribution in [2.75, 3.05) is 13.7 Å². The fourth-order valence-corrected chi connectivity index (χ4v) is 3.58. The van der Waals surface area contributed by atoms with Gasteiger partial charge in [-0.25, -0.2) is 0 Å². The molecule has 1 N–H and O–H groups in total. The summed E-state index contributed by atoms with van der Waals surface area (Å²) in [6.07, 6.45) is 2.38. The first kappa shape index (κ1) is 13.7. The normalized spacial score (nSPS) is 23.4. The van der Waals surface area contributed by atoms with Gasteiger partial charge in [-0.3, -0.25) is 0 Å². The summed E-state index contributed by atoms with van der Waals surface area (Å²) in [6, 6.07) is 0. The van der Waals surface area contributed by atoms with Crippen molar-refractivity contribution in [3.63, 3.8) is 0 Å². The van der Waals surface area contributed by atoms with Crippen LogP contribution in [0.2, 0.25) is 5.02 Å². The number of rotatable bonds is 2. The Labute approximate surface area is 115 Å². The smallest absolute Gasteiger partial charge is 0.140 e. The molecule has 1 aliphatic rings. The lowest BCUT2D eigenvalue weighted by Crippen LogP contribution is -2.35. The van der Waals surface area contributed by atoms with Gasteiger partial charge in [0.2, 0.25) is 0 Å². The van der Waals surface area contributed by atoms with Gasteiger partial charge in [-0.2, -0.15) is 0 Å². The van der Waals surface area contributed by atoms with E-state index in [9.17, 15) is 0 Å². The van der Waals surface area contributed by atoms with E-state index in [4.69, 9.17) is 16.3 Å². The molecule has 0 saturated carbocycles. The Morgan fingerprint density at radius 1 is 1.17 bits per heavy atom. The standard InChI is InChI=1S/C15H22ClNO/c1-9-10(2)14(18-5)13(16)11(3)12(9)15(4)7-6-8-17-15/h17H,6-8H2,1-5H3. The molecular weight excluding hydrogens is 246 g/mol. The van der Waals surface area contributed by atoms with Crippen molar-refractivity contribution in [2.45, 2.75) is 46.1 Å². The highest BCUT2D eigenvalue weighted by Crippen LogP contribution is 2.43. The van der Waals surface area contributed by atoms with Gasteiger partial charge in [-0.05, 0) is 69.3 Å². The lowest BCUT2D eigenvalue weighted by molar-refractivity contribution is 0.405. The SMILES string of the molecule is COc1c(C)c(C)c(C2(C)CCCN2)c(C)c1Cl. The van der Waals surface area contributed by atoms with Crippen molar-refractivity contribution in [1.29, 1.82) is 0 Å². The Balaban J connectivity index is 2.68. The molecule has 1 heterocycles. The van der Waals surface area contributed by atoms with E-state index < -0.39 is 0 Å². The first-order chi connectivity index (χ1) is 8.42. The Bertz CT molecular complexity index is 447. The second-order valence-corrected chi connectivity index (χ2v) is 5.84. The lowest BCUT2D eigenvalue weighted by Gasteiger charge is -2.31. The summed E-state index contributed by atoms with van der Waals surface area (Å²) in [5.41, 5.74) is 5.00. The quantitative estimate of drug-likeness (QED) is 0.878. The molecule has 3 heteroatoms. The fraction of sp³-hybridized carbons (Fsp3) is 0.600. The van der Waals surface area contributed by atoms with Gasteiger partial charge in [-0.1, -0.05) is 11.6 Å². The van der Waals surface area contributed by atoms with E-state index in [-0.39, 0.29) is 5.54 Å². The Morgan fingerprint density at radius 2 is 1.83 bits per heavy atom. The van der Waals surface area contributed by atoms with Crippen LogP contribution in [0.4, 0.5) is 0 Å². The second kappa shape index (κ2) is 4.75. The van der Waals surface area contributed by atoms with Crippen molar-refractivity contribution in [2.24, 2.45) is 0 Å². The molecule has 2 rings (SSSR count). The number of ether oxygens (including phenoxy) is 1. The maximum Gasteiger partial charge on any atom is 0.140 e. The number of hydrogen-bond acceptors (Lipinski definition) is 2. The van der Waals surface area contributed by atoms with Gasteiger partial charge < -0.3 is 10.1 Å². The number of methoxy groups -OCH3 is 1. The summed E-state index contributed by atoms with van der Waals surface area (Å²) in [7, 11) is 1.68. The largest absolute Gasteiger partial charge is 0.495 e. The van der Waals surface area contributed by atoms with Crippen molar-refractivity contribution < 1.29 is 4.74 Å².